The molecule has 3 aromatic rings. The molecule has 0 radical (unpaired) electrons. The van der Waals surface area contributed by atoms with Crippen molar-refractivity contribution in [1.82, 2.24) is 0 Å². The van der Waals surface area contributed by atoms with E-state index >= 15 is 0 Å². The molecule has 0 fully saturated rings. The number of sulfonamides is 1. The van der Waals surface area contributed by atoms with E-state index in [1.807, 2.05) is 6.26 Å². The molecule has 0 saturated carbocycles. The number of hydrogen-bond acceptors (Lipinski definition) is 7. The Morgan fingerprint density at radius 3 is 2.33 bits per heavy atom. The number of benzene rings is 3. The molecule has 1 N–H and O–H groups in total. The van der Waals surface area contributed by atoms with Gasteiger partial charge in [-0.05, 0) is 74.2 Å². The summed E-state index contributed by atoms with van der Waals surface area (Å²) in [6, 6.07) is 17.9. The summed E-state index contributed by atoms with van der Waals surface area (Å²) >= 11 is 1.49. The van der Waals surface area contributed by atoms with Crippen LogP contribution >= 0.6 is 11.8 Å². The summed E-state index contributed by atoms with van der Waals surface area (Å²) < 4.78 is 39.0. The second-order valence-electron chi connectivity index (χ2n) is 7.61. The van der Waals surface area contributed by atoms with Gasteiger partial charge in [-0.3, -0.25) is 9.10 Å². The zero-order chi connectivity index (χ0) is 26.3. The number of nitrogens with one attached hydrogen (secondary N) is 1. The lowest BCUT2D eigenvalue weighted by Crippen LogP contribution is -2.38. The number of nitrogens with zero attached hydrogens (tertiary/aromatic N) is 1. The van der Waals surface area contributed by atoms with E-state index in [0.29, 0.717) is 29.2 Å². The minimum atomic E-state index is -4.13. The summed E-state index contributed by atoms with van der Waals surface area (Å²) in [6.45, 7) is 3.27. The Labute approximate surface area is 215 Å². The van der Waals surface area contributed by atoms with Gasteiger partial charge in [0, 0.05) is 10.6 Å². The molecule has 1 amide bonds. The van der Waals surface area contributed by atoms with Gasteiger partial charge in [0.1, 0.15) is 12.3 Å². The van der Waals surface area contributed by atoms with Crippen molar-refractivity contribution in [3.05, 3.63) is 77.9 Å². The van der Waals surface area contributed by atoms with Gasteiger partial charge in [-0.15, -0.1) is 11.8 Å². The second kappa shape index (κ2) is 12.0. The lowest BCUT2D eigenvalue weighted by molar-refractivity contribution is -0.114. The molecule has 0 atom stereocenters. The van der Waals surface area contributed by atoms with Crippen LogP contribution in [-0.2, 0) is 19.6 Å². The maximum Gasteiger partial charge on any atom is 0.338 e. The number of rotatable bonds is 10. The number of hydrogen-bond donors (Lipinski definition) is 1. The molecule has 0 aliphatic carbocycles. The summed E-state index contributed by atoms with van der Waals surface area (Å²) in [4.78, 5) is 26.2. The molecule has 0 spiro atoms. The minimum absolute atomic E-state index is 0.0447. The molecule has 190 valence electrons. The maximum atomic E-state index is 13.7. The molecule has 0 unspecified atom stereocenters. The Balaban J connectivity index is 2.01. The molecular formula is C26H28N2O6S2. The maximum absolute atomic E-state index is 13.7. The average molecular weight is 529 g/mol. The standard InChI is InChI=1S/C26H28N2O6S2/c1-5-34-24-12-7-6-11-23(24)28(36(31,32)20-15-13-19(35-4)14-16-20)17-25(29)27-22-10-8-9-21(18(22)2)26(30)33-3/h6-16H,5,17H2,1-4H3,(H,27,29). The summed E-state index contributed by atoms with van der Waals surface area (Å²) in [6.07, 6.45) is 1.90. The Hall–Kier alpha value is -3.50. The fraction of sp³-hybridized carbons (Fsp3) is 0.231. The molecule has 0 aliphatic heterocycles. The molecule has 0 aliphatic rings. The van der Waals surface area contributed by atoms with Crippen molar-refractivity contribution in [2.45, 2.75) is 23.6 Å². The smallest absolute Gasteiger partial charge is 0.338 e. The number of carbonyl (C=O) groups excluding carboxylic acids is 2. The highest BCUT2D eigenvalue weighted by atomic mass is 32.2. The van der Waals surface area contributed by atoms with Crippen molar-refractivity contribution in [3.8, 4) is 5.75 Å². The first kappa shape index (κ1) is 27.1. The van der Waals surface area contributed by atoms with Crippen LogP contribution in [0.4, 0.5) is 11.4 Å². The van der Waals surface area contributed by atoms with Crippen LogP contribution < -0.4 is 14.4 Å². The normalized spacial score (nSPS) is 11.0. The summed E-state index contributed by atoms with van der Waals surface area (Å²) in [5, 5.41) is 2.73. The highest BCUT2D eigenvalue weighted by Gasteiger charge is 2.29. The quantitative estimate of drug-likeness (QED) is 0.300. The Morgan fingerprint density at radius 2 is 1.69 bits per heavy atom. The molecule has 10 heteroatoms. The van der Waals surface area contributed by atoms with Crippen LogP contribution in [0.25, 0.3) is 0 Å². The van der Waals surface area contributed by atoms with Gasteiger partial charge < -0.3 is 14.8 Å². The van der Waals surface area contributed by atoms with E-state index in [1.54, 1.807) is 68.4 Å². The van der Waals surface area contributed by atoms with E-state index in [0.717, 1.165) is 9.20 Å². The van der Waals surface area contributed by atoms with Gasteiger partial charge in [0.25, 0.3) is 10.0 Å². The van der Waals surface area contributed by atoms with Crippen molar-refractivity contribution < 1.29 is 27.5 Å². The summed E-state index contributed by atoms with van der Waals surface area (Å²) in [7, 11) is -2.86. The number of thioether (sulfide) groups is 1. The van der Waals surface area contributed by atoms with Crippen LogP contribution in [0.3, 0.4) is 0 Å². The predicted molar refractivity (Wildman–Crippen MR) is 142 cm³/mol. The van der Waals surface area contributed by atoms with E-state index in [4.69, 9.17) is 9.47 Å². The van der Waals surface area contributed by atoms with Crippen LogP contribution in [0, 0.1) is 6.92 Å². The lowest BCUT2D eigenvalue weighted by Gasteiger charge is -2.26. The van der Waals surface area contributed by atoms with Crippen molar-refractivity contribution in [2.24, 2.45) is 0 Å². The third-order valence-electron chi connectivity index (χ3n) is 5.38. The minimum Gasteiger partial charge on any atom is -0.492 e. The highest BCUT2D eigenvalue weighted by molar-refractivity contribution is 7.98. The molecule has 3 rings (SSSR count). The van der Waals surface area contributed by atoms with Crippen LogP contribution in [0.15, 0.2) is 76.5 Å². The lowest BCUT2D eigenvalue weighted by atomic mass is 10.1. The fourth-order valence-corrected chi connectivity index (χ4v) is 5.38. The average Bonchev–Trinajstić information content (AvgIpc) is 2.88. The summed E-state index contributed by atoms with van der Waals surface area (Å²) in [5.41, 5.74) is 1.43. The van der Waals surface area contributed by atoms with Gasteiger partial charge in [0.05, 0.1) is 29.9 Å². The Kier molecular flexibility index (Phi) is 9.00. The number of para-hydroxylation sites is 2. The second-order valence-corrected chi connectivity index (χ2v) is 10.3. The predicted octanol–water partition coefficient (Wildman–Crippen LogP) is 4.74. The first-order valence-corrected chi connectivity index (χ1v) is 13.8. The number of esters is 1. The molecule has 8 nitrogen and oxygen atoms in total. The zero-order valence-electron chi connectivity index (χ0n) is 20.5. The summed E-state index contributed by atoms with van der Waals surface area (Å²) in [5.74, 6) is -0.788. The van der Waals surface area contributed by atoms with Crippen molar-refractivity contribution >= 4 is 45.0 Å². The van der Waals surface area contributed by atoms with Gasteiger partial charge in [0.15, 0.2) is 0 Å². The van der Waals surface area contributed by atoms with E-state index in [1.165, 1.54) is 31.0 Å². The van der Waals surface area contributed by atoms with E-state index < -0.39 is 28.4 Å². The van der Waals surface area contributed by atoms with Gasteiger partial charge in [0.2, 0.25) is 5.91 Å². The first-order chi connectivity index (χ1) is 17.2. The third-order valence-corrected chi connectivity index (χ3v) is 7.90. The topological polar surface area (TPSA) is 102 Å². The van der Waals surface area contributed by atoms with E-state index in [2.05, 4.69) is 5.32 Å². The number of anilines is 2. The van der Waals surface area contributed by atoms with Gasteiger partial charge in [-0.1, -0.05) is 18.2 Å². The monoisotopic (exact) mass is 528 g/mol. The number of amides is 1. The van der Waals surface area contributed by atoms with Crippen LogP contribution in [0.5, 0.6) is 5.75 Å². The number of ether oxygens (including phenoxy) is 2. The highest BCUT2D eigenvalue weighted by Crippen LogP contribution is 2.33. The molecular weight excluding hydrogens is 500 g/mol. The van der Waals surface area contributed by atoms with Crippen molar-refractivity contribution in [2.75, 3.05) is 36.1 Å². The molecule has 3 aromatic carbocycles. The van der Waals surface area contributed by atoms with E-state index in [-0.39, 0.29) is 10.6 Å². The molecule has 0 bridgehead atoms. The SMILES string of the molecule is CCOc1ccccc1N(CC(=O)Nc1cccc(C(=O)OC)c1C)S(=O)(=O)c1ccc(SC)cc1. The van der Waals surface area contributed by atoms with Crippen molar-refractivity contribution in [3.63, 3.8) is 0 Å². The molecule has 0 heterocycles. The third kappa shape index (κ3) is 6.00. The van der Waals surface area contributed by atoms with Crippen LogP contribution in [0.1, 0.15) is 22.8 Å². The Morgan fingerprint density at radius 1 is 1.00 bits per heavy atom. The van der Waals surface area contributed by atoms with Gasteiger partial charge in [-0.25, -0.2) is 13.2 Å². The van der Waals surface area contributed by atoms with Crippen LogP contribution in [0.2, 0.25) is 0 Å². The molecule has 36 heavy (non-hydrogen) atoms. The van der Waals surface area contributed by atoms with Crippen molar-refractivity contribution in [1.29, 1.82) is 0 Å². The molecule has 0 aromatic heterocycles. The number of carbonyl (C=O) groups is 2. The number of methoxy groups -OCH3 is 1. The first-order valence-electron chi connectivity index (χ1n) is 11.1. The largest absolute Gasteiger partial charge is 0.492 e. The molecule has 0 saturated heterocycles. The Bertz CT molecular complexity index is 1340. The van der Waals surface area contributed by atoms with Crippen LogP contribution in [-0.4, -0.2) is 46.8 Å². The van der Waals surface area contributed by atoms with E-state index in [9.17, 15) is 18.0 Å². The zero-order valence-corrected chi connectivity index (χ0v) is 22.1. The van der Waals surface area contributed by atoms with Gasteiger partial charge >= 0.3 is 5.97 Å². The van der Waals surface area contributed by atoms with Gasteiger partial charge in [-0.2, -0.15) is 0 Å². The fourth-order valence-electron chi connectivity index (χ4n) is 3.54.